The van der Waals surface area contributed by atoms with Crippen LogP contribution in [0, 0.1) is 17.2 Å². The van der Waals surface area contributed by atoms with Gasteiger partial charge in [-0.3, -0.25) is 4.79 Å². The van der Waals surface area contributed by atoms with Crippen molar-refractivity contribution >= 4 is 12.0 Å². The van der Waals surface area contributed by atoms with Crippen LogP contribution in [0.3, 0.4) is 0 Å². The Balaban J connectivity index is 3.14. The molecular weight excluding hydrogens is 212 g/mol. The van der Waals surface area contributed by atoms with E-state index < -0.39 is 0 Å². The minimum absolute atomic E-state index is 0.337. The molecule has 0 amide bonds. The zero-order chi connectivity index (χ0) is 13.0. The van der Waals surface area contributed by atoms with Crippen molar-refractivity contribution in [2.45, 2.75) is 26.8 Å². The first kappa shape index (κ1) is 13.2. The molecule has 1 aromatic carbocycles. The van der Waals surface area contributed by atoms with Crippen LogP contribution in [-0.2, 0) is 0 Å². The summed E-state index contributed by atoms with van der Waals surface area (Å²) in [5.41, 5.74) is 1.96. The Kier molecular flexibility index (Phi) is 4.28. The standard InChI is InChI=1S/C14H18N2O/c1-10(2)11(3)16(4)14-6-5-12(9-17)7-13(14)8-15/h5-7,9-11H,1-4H3. The van der Waals surface area contributed by atoms with Crippen LogP contribution in [0.4, 0.5) is 5.69 Å². The van der Waals surface area contributed by atoms with Crippen molar-refractivity contribution < 1.29 is 4.79 Å². The van der Waals surface area contributed by atoms with Gasteiger partial charge in [-0.05, 0) is 31.0 Å². The van der Waals surface area contributed by atoms with E-state index >= 15 is 0 Å². The second kappa shape index (κ2) is 5.49. The molecule has 0 aromatic heterocycles. The van der Waals surface area contributed by atoms with Crippen LogP contribution in [0.5, 0.6) is 0 Å². The van der Waals surface area contributed by atoms with Gasteiger partial charge in [0.15, 0.2) is 0 Å². The lowest BCUT2D eigenvalue weighted by atomic mass is 10.0. The van der Waals surface area contributed by atoms with E-state index in [0.717, 1.165) is 12.0 Å². The van der Waals surface area contributed by atoms with E-state index in [4.69, 9.17) is 5.26 Å². The number of nitriles is 1. The zero-order valence-electron chi connectivity index (χ0n) is 10.8. The van der Waals surface area contributed by atoms with Crippen LogP contribution >= 0.6 is 0 Å². The molecule has 0 N–H and O–H groups in total. The Hall–Kier alpha value is -1.82. The summed E-state index contributed by atoms with van der Waals surface area (Å²) in [7, 11) is 1.97. The highest BCUT2D eigenvalue weighted by molar-refractivity contribution is 5.78. The number of nitrogens with zero attached hydrogens (tertiary/aromatic N) is 2. The maximum Gasteiger partial charge on any atom is 0.150 e. The maximum atomic E-state index is 10.7. The minimum Gasteiger partial charge on any atom is -0.371 e. The molecule has 0 aliphatic heterocycles. The quantitative estimate of drug-likeness (QED) is 0.747. The fraction of sp³-hybridized carbons (Fsp3) is 0.429. The van der Waals surface area contributed by atoms with Crippen LogP contribution in [0.1, 0.15) is 36.7 Å². The molecule has 1 aromatic rings. The Morgan fingerprint density at radius 2 is 2.00 bits per heavy atom. The van der Waals surface area contributed by atoms with Crippen molar-refractivity contribution in [3.63, 3.8) is 0 Å². The number of carbonyl (C=O) groups is 1. The number of hydrogen-bond donors (Lipinski definition) is 0. The van der Waals surface area contributed by atoms with Crippen molar-refractivity contribution in [1.82, 2.24) is 0 Å². The third-order valence-electron chi connectivity index (χ3n) is 3.23. The lowest BCUT2D eigenvalue weighted by Crippen LogP contribution is -2.33. The van der Waals surface area contributed by atoms with E-state index in [2.05, 4.69) is 31.7 Å². The molecule has 0 radical (unpaired) electrons. The topological polar surface area (TPSA) is 44.1 Å². The Morgan fingerprint density at radius 3 is 2.47 bits per heavy atom. The van der Waals surface area contributed by atoms with Crippen LogP contribution in [0.25, 0.3) is 0 Å². The first-order valence-corrected chi connectivity index (χ1v) is 5.73. The molecule has 90 valence electrons. The summed E-state index contributed by atoms with van der Waals surface area (Å²) in [6.45, 7) is 6.42. The summed E-state index contributed by atoms with van der Waals surface area (Å²) in [6.07, 6.45) is 0.760. The number of rotatable bonds is 4. The molecule has 1 unspecified atom stereocenters. The predicted molar refractivity (Wildman–Crippen MR) is 69.2 cm³/mol. The van der Waals surface area contributed by atoms with E-state index in [9.17, 15) is 4.79 Å². The minimum atomic E-state index is 0.337. The SMILES string of the molecule is CC(C)C(C)N(C)c1ccc(C=O)cc1C#N. The molecule has 1 atom stereocenters. The molecule has 0 saturated carbocycles. The van der Waals surface area contributed by atoms with Gasteiger partial charge in [0, 0.05) is 18.7 Å². The van der Waals surface area contributed by atoms with Crippen LogP contribution in [0.15, 0.2) is 18.2 Å². The second-order valence-electron chi connectivity index (χ2n) is 4.60. The van der Waals surface area contributed by atoms with Gasteiger partial charge in [-0.1, -0.05) is 13.8 Å². The van der Waals surface area contributed by atoms with Gasteiger partial charge in [-0.15, -0.1) is 0 Å². The van der Waals surface area contributed by atoms with Gasteiger partial charge in [0.05, 0.1) is 11.3 Å². The lowest BCUT2D eigenvalue weighted by molar-refractivity contribution is 0.112. The molecule has 0 saturated heterocycles. The number of hydrogen-bond acceptors (Lipinski definition) is 3. The Morgan fingerprint density at radius 1 is 1.35 bits per heavy atom. The summed E-state index contributed by atoms with van der Waals surface area (Å²) in [5.74, 6) is 0.497. The van der Waals surface area contributed by atoms with Gasteiger partial charge in [0.2, 0.25) is 0 Å². The van der Waals surface area contributed by atoms with E-state index in [1.807, 2.05) is 13.1 Å². The highest BCUT2D eigenvalue weighted by atomic mass is 16.1. The van der Waals surface area contributed by atoms with E-state index in [0.29, 0.717) is 23.1 Å². The van der Waals surface area contributed by atoms with E-state index in [-0.39, 0.29) is 0 Å². The lowest BCUT2D eigenvalue weighted by Gasteiger charge is -2.30. The molecule has 3 nitrogen and oxygen atoms in total. The summed E-state index contributed by atoms with van der Waals surface area (Å²) in [6, 6.07) is 7.69. The summed E-state index contributed by atoms with van der Waals surface area (Å²) in [4.78, 5) is 12.8. The Bertz CT molecular complexity index is 446. The normalized spacial score (nSPS) is 12.0. The molecule has 0 bridgehead atoms. The molecule has 0 aliphatic carbocycles. The molecule has 17 heavy (non-hydrogen) atoms. The number of carbonyl (C=O) groups excluding carboxylic acids is 1. The second-order valence-corrected chi connectivity index (χ2v) is 4.60. The predicted octanol–water partition coefficient (Wildman–Crippen LogP) is 2.85. The first-order chi connectivity index (χ1) is 8.01. The highest BCUT2D eigenvalue weighted by Crippen LogP contribution is 2.23. The number of benzene rings is 1. The highest BCUT2D eigenvalue weighted by Gasteiger charge is 2.16. The van der Waals surface area contributed by atoms with E-state index in [1.54, 1.807) is 12.1 Å². The van der Waals surface area contributed by atoms with Gasteiger partial charge >= 0.3 is 0 Å². The molecule has 0 heterocycles. The molecule has 1 rings (SSSR count). The summed E-state index contributed by atoms with van der Waals surface area (Å²) in [5, 5.41) is 9.12. The fourth-order valence-electron chi connectivity index (χ4n) is 1.69. The molecule has 0 fully saturated rings. The van der Waals surface area contributed by atoms with Crippen molar-refractivity contribution in [3.8, 4) is 6.07 Å². The van der Waals surface area contributed by atoms with Crippen molar-refractivity contribution in [2.24, 2.45) is 5.92 Å². The summed E-state index contributed by atoms with van der Waals surface area (Å²) < 4.78 is 0. The van der Waals surface area contributed by atoms with Crippen LogP contribution in [0.2, 0.25) is 0 Å². The van der Waals surface area contributed by atoms with Gasteiger partial charge in [0.1, 0.15) is 12.4 Å². The third-order valence-corrected chi connectivity index (χ3v) is 3.23. The van der Waals surface area contributed by atoms with Crippen molar-refractivity contribution in [2.75, 3.05) is 11.9 Å². The van der Waals surface area contributed by atoms with Crippen molar-refractivity contribution in [3.05, 3.63) is 29.3 Å². The zero-order valence-corrected chi connectivity index (χ0v) is 10.8. The summed E-state index contributed by atoms with van der Waals surface area (Å²) >= 11 is 0. The first-order valence-electron chi connectivity index (χ1n) is 5.73. The van der Waals surface area contributed by atoms with Gasteiger partial charge in [0.25, 0.3) is 0 Å². The largest absolute Gasteiger partial charge is 0.371 e. The van der Waals surface area contributed by atoms with Gasteiger partial charge in [-0.2, -0.15) is 5.26 Å². The van der Waals surface area contributed by atoms with E-state index in [1.165, 1.54) is 0 Å². The van der Waals surface area contributed by atoms with Gasteiger partial charge in [-0.25, -0.2) is 0 Å². The average molecular weight is 230 g/mol. The van der Waals surface area contributed by atoms with Crippen molar-refractivity contribution in [1.29, 1.82) is 5.26 Å². The fourth-order valence-corrected chi connectivity index (χ4v) is 1.69. The molecular formula is C14H18N2O. The monoisotopic (exact) mass is 230 g/mol. The number of aldehydes is 1. The van der Waals surface area contributed by atoms with Gasteiger partial charge < -0.3 is 4.90 Å². The molecule has 3 heteroatoms. The smallest absolute Gasteiger partial charge is 0.150 e. The van der Waals surface area contributed by atoms with Crippen LogP contribution in [-0.4, -0.2) is 19.4 Å². The molecule has 0 aliphatic rings. The average Bonchev–Trinajstić information content (AvgIpc) is 2.35. The maximum absolute atomic E-state index is 10.7. The molecule has 0 spiro atoms. The Labute approximate surface area is 103 Å². The number of anilines is 1. The van der Waals surface area contributed by atoms with Crippen LogP contribution < -0.4 is 4.90 Å². The third kappa shape index (κ3) is 2.85.